The molecule has 0 aliphatic rings. The molecule has 0 aliphatic heterocycles. The predicted octanol–water partition coefficient (Wildman–Crippen LogP) is 5.75. The van der Waals surface area contributed by atoms with E-state index in [2.05, 4.69) is 15.0 Å². The van der Waals surface area contributed by atoms with Crippen molar-refractivity contribution in [2.75, 3.05) is 0 Å². The van der Waals surface area contributed by atoms with Crippen molar-refractivity contribution < 1.29 is 29.6 Å². The molecule has 0 atom stereocenters. The summed E-state index contributed by atoms with van der Waals surface area (Å²) in [6.07, 6.45) is 0. The minimum absolute atomic E-state index is 0.145. The Hall–Kier alpha value is -6.37. The molecule has 0 spiro atoms. The standard InChI is InChI=1S/C29H17N5O8/c35-28(36)26-14-18(16-4-1-6-20(10-16)33(39)40)12-24(31-26)22-8-3-9-23(30-22)25-13-19(15-27(32-25)29(37)38)17-5-2-7-21(11-17)34(41)42/h1-15H,(H,35,36)(H,37,38). The van der Waals surface area contributed by atoms with E-state index in [-0.39, 0.29) is 45.5 Å². The minimum Gasteiger partial charge on any atom is -0.477 e. The van der Waals surface area contributed by atoms with E-state index in [0.717, 1.165) is 0 Å². The molecular formula is C29H17N5O8. The van der Waals surface area contributed by atoms with Crippen LogP contribution in [0.1, 0.15) is 21.0 Å². The minimum atomic E-state index is -1.32. The second-order valence-electron chi connectivity index (χ2n) is 8.89. The Balaban J connectivity index is 1.63. The van der Waals surface area contributed by atoms with Gasteiger partial charge in [-0.05, 0) is 58.7 Å². The van der Waals surface area contributed by atoms with Gasteiger partial charge in [-0.3, -0.25) is 20.2 Å². The molecule has 5 aromatic rings. The van der Waals surface area contributed by atoms with Crippen molar-refractivity contribution in [1.29, 1.82) is 0 Å². The average Bonchev–Trinajstić information content (AvgIpc) is 3.00. The van der Waals surface area contributed by atoms with Crippen LogP contribution in [0.15, 0.2) is 91.0 Å². The summed E-state index contributed by atoms with van der Waals surface area (Å²) in [5.74, 6) is -2.64. The molecule has 0 bridgehead atoms. The maximum atomic E-state index is 11.9. The highest BCUT2D eigenvalue weighted by Gasteiger charge is 2.17. The van der Waals surface area contributed by atoms with Gasteiger partial charge in [0.05, 0.1) is 32.6 Å². The quantitative estimate of drug-likeness (QED) is 0.172. The number of hydrogen-bond donors (Lipinski definition) is 2. The molecule has 5 rings (SSSR count). The second kappa shape index (κ2) is 11.0. The Kier molecular flexibility index (Phi) is 7.14. The normalized spacial score (nSPS) is 10.7. The first kappa shape index (κ1) is 27.2. The molecular weight excluding hydrogens is 546 g/mol. The highest BCUT2D eigenvalue weighted by Crippen LogP contribution is 2.31. The molecule has 0 unspecified atom stereocenters. The van der Waals surface area contributed by atoms with Crippen LogP contribution in [0.25, 0.3) is 45.0 Å². The Morgan fingerprint density at radius 3 is 1.31 bits per heavy atom. The summed E-state index contributed by atoms with van der Waals surface area (Å²) < 4.78 is 0. The Morgan fingerprint density at radius 1 is 0.524 bits per heavy atom. The first-order valence-electron chi connectivity index (χ1n) is 12.1. The molecule has 13 heteroatoms. The van der Waals surface area contributed by atoms with Crippen LogP contribution in [0.5, 0.6) is 0 Å². The molecule has 2 N–H and O–H groups in total. The first-order chi connectivity index (χ1) is 20.1. The molecule has 0 fully saturated rings. The van der Waals surface area contributed by atoms with Gasteiger partial charge in [-0.2, -0.15) is 0 Å². The molecule has 3 heterocycles. The van der Waals surface area contributed by atoms with Gasteiger partial charge in [-0.25, -0.2) is 24.5 Å². The lowest BCUT2D eigenvalue weighted by atomic mass is 10.0. The maximum Gasteiger partial charge on any atom is 0.354 e. The Bertz CT molecular complexity index is 1790. The number of carboxylic acids is 2. The molecule has 13 nitrogen and oxygen atoms in total. The van der Waals surface area contributed by atoms with Gasteiger partial charge >= 0.3 is 11.9 Å². The van der Waals surface area contributed by atoms with Gasteiger partial charge in [0.1, 0.15) is 11.4 Å². The van der Waals surface area contributed by atoms with Gasteiger partial charge in [-0.1, -0.05) is 30.3 Å². The Labute approximate surface area is 235 Å². The topological polar surface area (TPSA) is 200 Å². The van der Waals surface area contributed by atoms with Crippen LogP contribution in [0, 0.1) is 20.2 Å². The molecule has 2 aromatic carbocycles. The number of benzene rings is 2. The number of aromatic carboxylic acids is 2. The summed E-state index contributed by atoms with van der Waals surface area (Å²) >= 11 is 0. The van der Waals surface area contributed by atoms with E-state index < -0.39 is 21.8 Å². The largest absolute Gasteiger partial charge is 0.477 e. The van der Waals surface area contributed by atoms with Crippen molar-refractivity contribution in [3.8, 4) is 45.0 Å². The fourth-order valence-electron chi connectivity index (χ4n) is 4.19. The summed E-state index contributed by atoms with van der Waals surface area (Å²) in [6.45, 7) is 0. The van der Waals surface area contributed by atoms with Crippen LogP contribution >= 0.6 is 0 Å². The van der Waals surface area contributed by atoms with Gasteiger partial charge in [-0.15, -0.1) is 0 Å². The number of aromatic nitrogens is 3. The van der Waals surface area contributed by atoms with Crippen LogP contribution < -0.4 is 0 Å². The summed E-state index contributed by atoms with van der Waals surface area (Å²) in [7, 11) is 0. The highest BCUT2D eigenvalue weighted by molar-refractivity contribution is 5.90. The van der Waals surface area contributed by atoms with Gasteiger partial charge in [0.2, 0.25) is 0 Å². The fourth-order valence-corrected chi connectivity index (χ4v) is 4.19. The van der Waals surface area contributed by atoms with Crippen LogP contribution in [-0.4, -0.2) is 47.0 Å². The van der Waals surface area contributed by atoms with Crippen LogP contribution in [-0.2, 0) is 0 Å². The SMILES string of the molecule is O=C(O)c1cc(-c2cccc([N+](=O)[O-])c2)cc(-c2cccc(-c3cc(-c4cccc([N+](=O)[O-])c4)cc(C(=O)O)n3)n2)n1. The highest BCUT2D eigenvalue weighted by atomic mass is 16.6. The smallest absolute Gasteiger partial charge is 0.354 e. The zero-order valence-electron chi connectivity index (χ0n) is 21.2. The van der Waals surface area contributed by atoms with E-state index in [1.165, 1.54) is 60.7 Å². The summed E-state index contributed by atoms with van der Waals surface area (Å²) in [5.41, 5.74) is 1.24. The van der Waals surface area contributed by atoms with Crippen molar-refractivity contribution >= 4 is 23.3 Å². The third-order valence-electron chi connectivity index (χ3n) is 6.14. The van der Waals surface area contributed by atoms with Crippen molar-refractivity contribution in [3.63, 3.8) is 0 Å². The molecule has 206 valence electrons. The van der Waals surface area contributed by atoms with Gasteiger partial charge in [0, 0.05) is 24.3 Å². The van der Waals surface area contributed by atoms with Crippen molar-refractivity contribution in [3.05, 3.63) is 123 Å². The summed E-state index contributed by atoms with van der Waals surface area (Å²) in [4.78, 5) is 58.1. The lowest BCUT2D eigenvalue weighted by Crippen LogP contribution is -2.04. The maximum absolute atomic E-state index is 11.9. The zero-order valence-corrected chi connectivity index (χ0v) is 21.2. The monoisotopic (exact) mass is 563 g/mol. The van der Waals surface area contributed by atoms with Gasteiger partial charge in [0.25, 0.3) is 11.4 Å². The van der Waals surface area contributed by atoms with Crippen LogP contribution in [0.3, 0.4) is 0 Å². The lowest BCUT2D eigenvalue weighted by Gasteiger charge is -2.10. The van der Waals surface area contributed by atoms with Crippen molar-refractivity contribution in [2.24, 2.45) is 0 Å². The molecule has 0 saturated carbocycles. The fraction of sp³-hybridized carbons (Fsp3) is 0. The molecule has 42 heavy (non-hydrogen) atoms. The summed E-state index contributed by atoms with van der Waals surface area (Å²) in [6, 6.07) is 21.8. The number of pyridine rings is 3. The molecule has 0 aliphatic carbocycles. The van der Waals surface area contributed by atoms with E-state index in [4.69, 9.17) is 0 Å². The molecule has 0 radical (unpaired) electrons. The predicted molar refractivity (Wildman–Crippen MR) is 149 cm³/mol. The zero-order chi connectivity index (χ0) is 30.0. The number of nitro groups is 2. The van der Waals surface area contributed by atoms with Gasteiger partial charge in [0.15, 0.2) is 0 Å². The number of carboxylic acid groups (broad SMARTS) is 2. The van der Waals surface area contributed by atoms with E-state index >= 15 is 0 Å². The van der Waals surface area contributed by atoms with E-state index in [1.54, 1.807) is 30.3 Å². The molecule has 3 aromatic heterocycles. The van der Waals surface area contributed by atoms with E-state index in [9.17, 15) is 40.0 Å². The van der Waals surface area contributed by atoms with Crippen LogP contribution in [0.2, 0.25) is 0 Å². The van der Waals surface area contributed by atoms with Crippen molar-refractivity contribution in [2.45, 2.75) is 0 Å². The lowest BCUT2D eigenvalue weighted by molar-refractivity contribution is -0.385. The number of nitrogens with zero attached hydrogens (tertiary/aromatic N) is 5. The number of non-ortho nitro benzene ring substituents is 2. The first-order valence-corrected chi connectivity index (χ1v) is 12.1. The average molecular weight is 563 g/mol. The third kappa shape index (κ3) is 5.65. The Morgan fingerprint density at radius 2 is 0.929 bits per heavy atom. The number of nitro benzene ring substituents is 2. The second-order valence-corrected chi connectivity index (χ2v) is 8.89. The number of rotatable bonds is 8. The van der Waals surface area contributed by atoms with Gasteiger partial charge < -0.3 is 10.2 Å². The van der Waals surface area contributed by atoms with Crippen molar-refractivity contribution in [1.82, 2.24) is 15.0 Å². The molecule has 0 saturated heterocycles. The number of hydrogen-bond acceptors (Lipinski definition) is 9. The molecule has 0 amide bonds. The van der Waals surface area contributed by atoms with E-state index in [0.29, 0.717) is 22.3 Å². The van der Waals surface area contributed by atoms with E-state index in [1.807, 2.05) is 0 Å². The third-order valence-corrected chi connectivity index (χ3v) is 6.14. The summed E-state index contributed by atoms with van der Waals surface area (Å²) in [5, 5.41) is 41.9. The van der Waals surface area contributed by atoms with Crippen LogP contribution in [0.4, 0.5) is 11.4 Å². The number of carbonyl (C=O) groups is 2.